The quantitative estimate of drug-likeness (QED) is 0.685. The molecule has 1 aliphatic heterocycles. The smallest absolute Gasteiger partial charge is 0.257 e. The zero-order chi connectivity index (χ0) is 20.9. The highest BCUT2D eigenvalue weighted by atomic mass is 16.5. The Hall–Kier alpha value is -3.61. The number of para-hydroxylation sites is 2. The molecule has 1 atom stereocenters. The number of benzene rings is 1. The van der Waals surface area contributed by atoms with Crippen molar-refractivity contribution in [2.24, 2.45) is 5.92 Å². The van der Waals surface area contributed by atoms with Crippen LogP contribution in [0, 0.1) is 12.8 Å². The number of furan rings is 1. The van der Waals surface area contributed by atoms with E-state index in [1.807, 2.05) is 12.1 Å². The number of aromatic nitrogens is 1. The van der Waals surface area contributed by atoms with Gasteiger partial charge in [0.15, 0.2) is 5.75 Å². The van der Waals surface area contributed by atoms with Crippen molar-refractivity contribution in [2.75, 3.05) is 18.4 Å². The first kappa shape index (κ1) is 19.7. The number of carbonyl (C=O) groups excluding carboxylic acids is 2. The fraction of sp³-hybridized carbons (Fsp3) is 0.261. The molecule has 0 radical (unpaired) electrons. The molecule has 0 spiro atoms. The summed E-state index contributed by atoms with van der Waals surface area (Å²) in [5, 5.41) is 2.97. The van der Waals surface area contributed by atoms with Crippen LogP contribution in [0.3, 0.4) is 0 Å². The molecule has 3 heterocycles. The predicted molar refractivity (Wildman–Crippen MR) is 111 cm³/mol. The molecule has 1 N–H and O–H groups in total. The Morgan fingerprint density at radius 2 is 2.07 bits per heavy atom. The first-order chi connectivity index (χ1) is 14.6. The average molecular weight is 405 g/mol. The van der Waals surface area contributed by atoms with Gasteiger partial charge in [-0.15, -0.1) is 0 Å². The summed E-state index contributed by atoms with van der Waals surface area (Å²) in [4.78, 5) is 31.5. The Labute approximate surface area is 174 Å². The number of carbonyl (C=O) groups is 2. The van der Waals surface area contributed by atoms with E-state index in [0.29, 0.717) is 41.6 Å². The number of nitrogens with zero attached hydrogens (tertiary/aromatic N) is 2. The summed E-state index contributed by atoms with van der Waals surface area (Å²) in [5.74, 6) is 1.20. The summed E-state index contributed by atoms with van der Waals surface area (Å²) in [6.07, 6.45) is 6.29. The van der Waals surface area contributed by atoms with Crippen LogP contribution in [0.15, 0.2) is 65.5 Å². The van der Waals surface area contributed by atoms with Crippen LogP contribution < -0.4 is 10.1 Å². The van der Waals surface area contributed by atoms with Gasteiger partial charge in [0, 0.05) is 19.3 Å². The highest BCUT2D eigenvalue weighted by molar-refractivity contribution is 5.97. The summed E-state index contributed by atoms with van der Waals surface area (Å²) >= 11 is 0. The third-order valence-electron chi connectivity index (χ3n) is 5.18. The lowest BCUT2D eigenvalue weighted by atomic mass is 9.96. The summed E-state index contributed by atoms with van der Waals surface area (Å²) < 4.78 is 11.1. The fourth-order valence-corrected chi connectivity index (χ4v) is 3.58. The molecule has 2 aromatic heterocycles. The number of hydrogen-bond acceptors (Lipinski definition) is 5. The van der Waals surface area contributed by atoms with Gasteiger partial charge in [0.1, 0.15) is 11.5 Å². The number of anilines is 1. The van der Waals surface area contributed by atoms with E-state index >= 15 is 0 Å². The lowest BCUT2D eigenvalue weighted by molar-refractivity contribution is -0.121. The van der Waals surface area contributed by atoms with E-state index in [1.54, 1.807) is 54.5 Å². The van der Waals surface area contributed by atoms with Gasteiger partial charge in [-0.3, -0.25) is 14.6 Å². The maximum absolute atomic E-state index is 13.0. The van der Waals surface area contributed by atoms with Crippen molar-refractivity contribution in [3.05, 3.63) is 72.4 Å². The van der Waals surface area contributed by atoms with E-state index in [4.69, 9.17) is 9.15 Å². The van der Waals surface area contributed by atoms with Crippen LogP contribution in [0.5, 0.6) is 11.5 Å². The molecule has 1 aliphatic rings. The molecule has 30 heavy (non-hydrogen) atoms. The van der Waals surface area contributed by atoms with Gasteiger partial charge >= 0.3 is 0 Å². The van der Waals surface area contributed by atoms with Crippen LogP contribution >= 0.6 is 0 Å². The van der Waals surface area contributed by atoms with Gasteiger partial charge in [0.05, 0.1) is 29.6 Å². The van der Waals surface area contributed by atoms with Gasteiger partial charge in [0.2, 0.25) is 5.91 Å². The summed E-state index contributed by atoms with van der Waals surface area (Å²) in [7, 11) is 0. The Morgan fingerprint density at radius 3 is 2.83 bits per heavy atom. The molecule has 0 aliphatic carbocycles. The van der Waals surface area contributed by atoms with Crippen LogP contribution in [0.4, 0.5) is 5.69 Å². The number of ether oxygens (including phenoxy) is 1. The number of amides is 2. The highest BCUT2D eigenvalue weighted by Gasteiger charge is 2.30. The molecular formula is C23H23N3O4. The van der Waals surface area contributed by atoms with E-state index < -0.39 is 0 Å². The standard InChI is InChI=1S/C23H23N3O4/c1-16-19(10-13-29-16)23(28)26-12-5-6-17(15-26)22(27)25-20-8-2-3-9-21(20)30-18-7-4-11-24-14-18/h2-4,7-11,13-14,17H,5-6,12,15H2,1H3,(H,25,27)/t17-/m0/s1. The lowest BCUT2D eigenvalue weighted by Gasteiger charge is -2.32. The Balaban J connectivity index is 1.44. The molecule has 154 valence electrons. The van der Waals surface area contributed by atoms with Gasteiger partial charge < -0.3 is 19.4 Å². The van der Waals surface area contributed by atoms with Gasteiger partial charge in [-0.05, 0) is 50.1 Å². The number of hydrogen-bond donors (Lipinski definition) is 1. The van der Waals surface area contributed by atoms with E-state index in [9.17, 15) is 9.59 Å². The van der Waals surface area contributed by atoms with Crippen LogP contribution in [-0.2, 0) is 4.79 Å². The zero-order valence-corrected chi connectivity index (χ0v) is 16.7. The maximum atomic E-state index is 13.0. The van der Waals surface area contributed by atoms with Crippen molar-refractivity contribution in [2.45, 2.75) is 19.8 Å². The van der Waals surface area contributed by atoms with Crippen molar-refractivity contribution >= 4 is 17.5 Å². The van der Waals surface area contributed by atoms with Gasteiger partial charge in [0.25, 0.3) is 5.91 Å². The lowest BCUT2D eigenvalue weighted by Crippen LogP contribution is -2.43. The van der Waals surface area contributed by atoms with Crippen LogP contribution in [0.1, 0.15) is 29.0 Å². The minimum Gasteiger partial charge on any atom is -0.469 e. The van der Waals surface area contributed by atoms with Crippen molar-refractivity contribution in [1.82, 2.24) is 9.88 Å². The number of rotatable bonds is 5. The number of aryl methyl sites for hydroxylation is 1. The summed E-state index contributed by atoms with van der Waals surface area (Å²) in [6.45, 7) is 2.77. The fourth-order valence-electron chi connectivity index (χ4n) is 3.58. The SMILES string of the molecule is Cc1occc1C(=O)N1CCC[C@H](C(=O)Nc2ccccc2Oc2cccnc2)C1. The molecule has 2 amide bonds. The molecule has 0 saturated carbocycles. The van der Waals surface area contributed by atoms with Crippen molar-refractivity contribution < 1.29 is 18.7 Å². The van der Waals surface area contributed by atoms with Crippen molar-refractivity contribution in [1.29, 1.82) is 0 Å². The maximum Gasteiger partial charge on any atom is 0.257 e. The van der Waals surface area contributed by atoms with Gasteiger partial charge in [-0.1, -0.05) is 12.1 Å². The molecule has 3 aromatic rings. The topological polar surface area (TPSA) is 84.7 Å². The van der Waals surface area contributed by atoms with Gasteiger partial charge in [-0.25, -0.2) is 0 Å². The molecule has 1 saturated heterocycles. The van der Waals surface area contributed by atoms with Crippen molar-refractivity contribution in [3.63, 3.8) is 0 Å². The van der Waals surface area contributed by atoms with Crippen LogP contribution in [0.25, 0.3) is 0 Å². The molecule has 1 fully saturated rings. The second-order valence-corrected chi connectivity index (χ2v) is 7.26. The van der Waals surface area contributed by atoms with Crippen molar-refractivity contribution in [3.8, 4) is 11.5 Å². The van der Waals surface area contributed by atoms with Crippen LogP contribution in [-0.4, -0.2) is 34.8 Å². The number of likely N-dealkylation sites (tertiary alicyclic amines) is 1. The minimum atomic E-state index is -0.290. The monoisotopic (exact) mass is 405 g/mol. The Morgan fingerprint density at radius 1 is 1.20 bits per heavy atom. The molecule has 7 nitrogen and oxygen atoms in total. The van der Waals surface area contributed by atoms with E-state index in [1.165, 1.54) is 6.26 Å². The Bertz CT molecular complexity index is 1030. The third-order valence-corrected chi connectivity index (χ3v) is 5.18. The largest absolute Gasteiger partial charge is 0.469 e. The highest BCUT2D eigenvalue weighted by Crippen LogP contribution is 2.30. The number of nitrogens with one attached hydrogen (secondary N) is 1. The van der Waals surface area contributed by atoms with E-state index in [2.05, 4.69) is 10.3 Å². The Kier molecular flexibility index (Phi) is 5.79. The normalized spacial score (nSPS) is 16.2. The first-order valence-electron chi connectivity index (χ1n) is 9.93. The molecule has 7 heteroatoms. The summed E-state index contributed by atoms with van der Waals surface area (Å²) in [5.41, 5.74) is 1.13. The molecule has 1 aromatic carbocycles. The second-order valence-electron chi connectivity index (χ2n) is 7.26. The predicted octanol–water partition coefficient (Wildman–Crippen LogP) is 4.27. The van der Waals surface area contributed by atoms with E-state index in [-0.39, 0.29) is 17.7 Å². The molecule has 0 unspecified atom stereocenters. The zero-order valence-electron chi connectivity index (χ0n) is 16.7. The number of piperidine rings is 1. The summed E-state index contributed by atoms with van der Waals surface area (Å²) in [6, 6.07) is 12.5. The first-order valence-corrected chi connectivity index (χ1v) is 9.93. The second kappa shape index (κ2) is 8.82. The third kappa shape index (κ3) is 4.35. The molecule has 4 rings (SSSR count). The van der Waals surface area contributed by atoms with Gasteiger partial charge in [-0.2, -0.15) is 0 Å². The minimum absolute atomic E-state index is 0.0981. The number of pyridine rings is 1. The average Bonchev–Trinajstić information content (AvgIpc) is 3.21. The molecular weight excluding hydrogens is 382 g/mol. The molecule has 0 bridgehead atoms. The van der Waals surface area contributed by atoms with Crippen LogP contribution in [0.2, 0.25) is 0 Å². The van der Waals surface area contributed by atoms with E-state index in [0.717, 1.165) is 12.8 Å².